The van der Waals surface area contributed by atoms with Gasteiger partial charge in [0.05, 0.1) is 5.52 Å². The van der Waals surface area contributed by atoms with Gasteiger partial charge in [0.2, 0.25) is 0 Å². The van der Waals surface area contributed by atoms with Gasteiger partial charge in [-0.3, -0.25) is 0 Å². The molecule has 11 heavy (non-hydrogen) atoms. The van der Waals surface area contributed by atoms with Crippen LogP contribution in [0.25, 0.3) is 5.52 Å². The minimum atomic E-state index is 0.727. The van der Waals surface area contributed by atoms with Crippen LogP contribution in [-0.4, -0.2) is 17.5 Å². The largest absolute Gasteiger partial charge is 0.241 e. The van der Waals surface area contributed by atoms with Gasteiger partial charge in [0, 0.05) is 12.4 Å². The van der Waals surface area contributed by atoms with Crippen LogP contribution in [0.5, 0.6) is 0 Å². The molecule has 2 radical (unpaired) electrons. The number of fused-ring (bicyclic) bond motifs is 1. The summed E-state index contributed by atoms with van der Waals surface area (Å²) in [5.74, 6) is 0. The Bertz CT molecular complexity index is 392. The zero-order chi connectivity index (χ0) is 7.84. The topological polar surface area (TPSA) is 17.3 Å². The molecule has 0 aliphatic rings. The quantitative estimate of drug-likeness (QED) is 0.487. The van der Waals surface area contributed by atoms with Crippen LogP contribution in [-0.2, 0) is 0 Å². The summed E-state index contributed by atoms with van der Waals surface area (Å²) in [5, 5.41) is 4.07. The molecule has 0 aliphatic carbocycles. The monoisotopic (exact) mass is 142 g/mol. The van der Waals surface area contributed by atoms with E-state index in [9.17, 15) is 0 Å². The zero-order valence-corrected chi connectivity index (χ0v) is 6.28. The molecular weight excluding hydrogens is 135 g/mol. The molecule has 0 atom stereocenters. The third-order valence-electron chi connectivity index (χ3n) is 1.69. The van der Waals surface area contributed by atoms with Gasteiger partial charge in [0.1, 0.15) is 7.85 Å². The third-order valence-corrected chi connectivity index (χ3v) is 1.69. The minimum Gasteiger partial charge on any atom is -0.241 e. The lowest BCUT2D eigenvalue weighted by molar-refractivity contribution is 0.952. The van der Waals surface area contributed by atoms with Crippen LogP contribution >= 0.6 is 0 Å². The summed E-state index contributed by atoms with van der Waals surface area (Å²) in [6.07, 6.45) is 3.61. The van der Waals surface area contributed by atoms with Gasteiger partial charge in [0.25, 0.3) is 0 Å². The van der Waals surface area contributed by atoms with Crippen molar-refractivity contribution in [2.45, 2.75) is 6.92 Å². The van der Waals surface area contributed by atoms with Crippen LogP contribution in [0.4, 0.5) is 0 Å². The summed E-state index contributed by atoms with van der Waals surface area (Å²) in [7, 11) is 5.64. The zero-order valence-electron chi connectivity index (χ0n) is 6.28. The fraction of sp³-hybridized carbons (Fsp3) is 0.125. The standard InChI is InChI=1S/C8H7BN2/c1-6-2-3-8-7(9)4-10-11(8)5-6/h2-5H,1H3. The lowest BCUT2D eigenvalue weighted by Gasteiger charge is -1.94. The number of aromatic nitrogens is 2. The Morgan fingerprint density at radius 3 is 3.09 bits per heavy atom. The van der Waals surface area contributed by atoms with Crippen molar-refractivity contribution in [1.29, 1.82) is 0 Å². The molecule has 0 fully saturated rings. The van der Waals surface area contributed by atoms with Crippen molar-refractivity contribution in [1.82, 2.24) is 9.61 Å². The van der Waals surface area contributed by atoms with Crippen LogP contribution in [0.1, 0.15) is 5.56 Å². The second-order valence-electron chi connectivity index (χ2n) is 2.64. The Kier molecular flexibility index (Phi) is 1.25. The first-order chi connectivity index (χ1) is 5.27. The maximum atomic E-state index is 5.64. The number of nitrogens with zero attached hydrogens (tertiary/aromatic N) is 2. The van der Waals surface area contributed by atoms with Gasteiger partial charge in [-0.25, -0.2) is 4.52 Å². The fourth-order valence-electron chi connectivity index (χ4n) is 1.11. The predicted molar refractivity (Wildman–Crippen MR) is 45.3 cm³/mol. The van der Waals surface area contributed by atoms with Gasteiger partial charge in [-0.15, -0.1) is 0 Å². The number of rotatable bonds is 0. The van der Waals surface area contributed by atoms with E-state index < -0.39 is 0 Å². The minimum absolute atomic E-state index is 0.727. The Labute approximate surface area is 66.3 Å². The van der Waals surface area contributed by atoms with E-state index in [0.717, 1.165) is 11.0 Å². The molecular formula is C8H7BN2. The second kappa shape index (κ2) is 2.12. The first-order valence-corrected chi connectivity index (χ1v) is 3.47. The molecule has 0 unspecified atom stereocenters. The number of hydrogen-bond donors (Lipinski definition) is 0. The third kappa shape index (κ3) is 0.927. The molecule has 0 saturated heterocycles. The van der Waals surface area contributed by atoms with E-state index >= 15 is 0 Å². The summed E-state index contributed by atoms with van der Waals surface area (Å²) in [4.78, 5) is 0. The summed E-state index contributed by atoms with van der Waals surface area (Å²) in [6, 6.07) is 3.99. The molecule has 0 saturated carbocycles. The molecule has 0 amide bonds. The average Bonchev–Trinajstić information content (AvgIpc) is 2.32. The van der Waals surface area contributed by atoms with E-state index in [2.05, 4.69) is 5.10 Å². The molecule has 2 aromatic rings. The summed E-state index contributed by atoms with van der Waals surface area (Å²) in [5.41, 5.74) is 2.88. The van der Waals surface area contributed by atoms with Crippen molar-refractivity contribution in [3.8, 4) is 0 Å². The molecule has 0 aliphatic heterocycles. The van der Waals surface area contributed by atoms with Crippen molar-refractivity contribution in [3.63, 3.8) is 0 Å². The van der Waals surface area contributed by atoms with E-state index in [1.807, 2.05) is 25.3 Å². The lowest BCUT2D eigenvalue weighted by atomic mass is 9.98. The molecule has 52 valence electrons. The molecule has 0 aromatic carbocycles. The Balaban J connectivity index is 2.86. The first kappa shape index (κ1) is 6.46. The number of aryl methyl sites for hydroxylation is 1. The highest BCUT2D eigenvalue weighted by Gasteiger charge is 1.96. The van der Waals surface area contributed by atoms with Crippen LogP contribution in [0.2, 0.25) is 0 Å². The van der Waals surface area contributed by atoms with E-state index in [1.54, 1.807) is 10.7 Å². The van der Waals surface area contributed by atoms with Gasteiger partial charge < -0.3 is 0 Å². The molecule has 2 aromatic heterocycles. The molecule has 2 nitrogen and oxygen atoms in total. The summed E-state index contributed by atoms with van der Waals surface area (Å²) >= 11 is 0. The van der Waals surface area contributed by atoms with Gasteiger partial charge in [-0.05, 0) is 18.6 Å². The predicted octanol–water partition coefficient (Wildman–Crippen LogP) is 0.437. The van der Waals surface area contributed by atoms with Crippen LogP contribution < -0.4 is 5.46 Å². The van der Waals surface area contributed by atoms with Gasteiger partial charge >= 0.3 is 0 Å². The maximum absolute atomic E-state index is 5.64. The summed E-state index contributed by atoms with van der Waals surface area (Å²) in [6.45, 7) is 2.03. The molecule has 0 bridgehead atoms. The average molecular weight is 142 g/mol. The van der Waals surface area contributed by atoms with Crippen molar-refractivity contribution in [2.24, 2.45) is 0 Å². The molecule has 2 rings (SSSR count). The van der Waals surface area contributed by atoms with E-state index in [1.165, 1.54) is 5.56 Å². The van der Waals surface area contributed by atoms with Gasteiger partial charge in [-0.2, -0.15) is 5.10 Å². The number of hydrogen-bond acceptors (Lipinski definition) is 1. The van der Waals surface area contributed by atoms with E-state index in [0.29, 0.717) is 0 Å². The van der Waals surface area contributed by atoms with Gasteiger partial charge in [0.15, 0.2) is 0 Å². The van der Waals surface area contributed by atoms with Crippen molar-refractivity contribution in [3.05, 3.63) is 30.1 Å². The van der Waals surface area contributed by atoms with Crippen LogP contribution in [0.3, 0.4) is 0 Å². The fourth-order valence-corrected chi connectivity index (χ4v) is 1.11. The van der Waals surface area contributed by atoms with Crippen LogP contribution in [0.15, 0.2) is 24.5 Å². The SMILES string of the molecule is [B]c1cnn2cc(C)ccc12. The Hall–Kier alpha value is -1.25. The normalized spacial score (nSPS) is 10.6. The maximum Gasteiger partial charge on any atom is 0.119 e. The highest BCUT2D eigenvalue weighted by molar-refractivity contribution is 6.36. The molecule has 3 heteroatoms. The Morgan fingerprint density at radius 2 is 2.27 bits per heavy atom. The smallest absolute Gasteiger partial charge is 0.119 e. The number of pyridine rings is 1. The highest BCUT2D eigenvalue weighted by Crippen LogP contribution is 2.00. The first-order valence-electron chi connectivity index (χ1n) is 3.47. The van der Waals surface area contributed by atoms with E-state index in [-0.39, 0.29) is 0 Å². The lowest BCUT2D eigenvalue weighted by Crippen LogP contribution is -1.99. The second-order valence-corrected chi connectivity index (χ2v) is 2.64. The van der Waals surface area contributed by atoms with Crippen molar-refractivity contribution < 1.29 is 0 Å². The van der Waals surface area contributed by atoms with E-state index in [4.69, 9.17) is 7.85 Å². The summed E-state index contributed by atoms with van der Waals surface area (Å²) < 4.78 is 1.78. The molecule has 0 N–H and O–H groups in total. The van der Waals surface area contributed by atoms with Crippen LogP contribution in [0, 0.1) is 6.92 Å². The molecule has 2 heterocycles. The Morgan fingerprint density at radius 1 is 1.45 bits per heavy atom. The molecule has 0 spiro atoms. The highest BCUT2D eigenvalue weighted by atomic mass is 15.2. The van der Waals surface area contributed by atoms with Crippen molar-refractivity contribution in [2.75, 3.05) is 0 Å². The van der Waals surface area contributed by atoms with Gasteiger partial charge in [-0.1, -0.05) is 11.5 Å². The van der Waals surface area contributed by atoms with Crippen molar-refractivity contribution >= 4 is 18.8 Å².